The van der Waals surface area contributed by atoms with Crippen LogP contribution in [0.15, 0.2) is 18.5 Å². The average molecular weight is 290 g/mol. The Morgan fingerprint density at radius 2 is 2.05 bits per heavy atom. The molecule has 1 amide bonds. The van der Waals surface area contributed by atoms with Crippen LogP contribution >= 0.6 is 0 Å². The predicted octanol–water partition coefficient (Wildman–Crippen LogP) is -0.0108. The first-order chi connectivity index (χ1) is 10.1. The molecule has 2 aromatic heterocycles. The van der Waals surface area contributed by atoms with E-state index >= 15 is 0 Å². The van der Waals surface area contributed by atoms with Gasteiger partial charge in [-0.2, -0.15) is 20.1 Å². The van der Waals surface area contributed by atoms with Gasteiger partial charge in [-0.15, -0.1) is 0 Å². The number of carbonyl (C=O) groups is 1. The zero-order valence-corrected chi connectivity index (χ0v) is 12.2. The summed E-state index contributed by atoms with van der Waals surface area (Å²) in [5.74, 6) is 1.27. The molecular weight excluding hydrogens is 272 g/mol. The standard InChI is InChI=1S/C12H18N8O/c1-13-10-16-11(14-7-5-9(21)19(2)3)18-12(17-10)20-8-4-6-15-20/h4,6,8H,5,7H2,1-3H3,(H2,13,14,16,17,18). The summed E-state index contributed by atoms with van der Waals surface area (Å²) in [5.41, 5.74) is 0. The average Bonchev–Trinajstić information content (AvgIpc) is 3.01. The highest BCUT2D eigenvalue weighted by Crippen LogP contribution is 2.08. The molecule has 2 rings (SSSR count). The van der Waals surface area contributed by atoms with E-state index in [9.17, 15) is 4.79 Å². The first-order valence-corrected chi connectivity index (χ1v) is 6.48. The second kappa shape index (κ2) is 6.64. The molecule has 0 radical (unpaired) electrons. The molecule has 0 aliphatic rings. The van der Waals surface area contributed by atoms with E-state index < -0.39 is 0 Å². The van der Waals surface area contributed by atoms with Crippen LogP contribution in [0, 0.1) is 0 Å². The van der Waals surface area contributed by atoms with E-state index in [-0.39, 0.29) is 5.91 Å². The minimum absolute atomic E-state index is 0.0395. The van der Waals surface area contributed by atoms with Crippen molar-refractivity contribution in [1.29, 1.82) is 0 Å². The lowest BCUT2D eigenvalue weighted by Crippen LogP contribution is -2.24. The van der Waals surface area contributed by atoms with Gasteiger partial charge in [-0.05, 0) is 6.07 Å². The third kappa shape index (κ3) is 3.88. The zero-order valence-electron chi connectivity index (χ0n) is 12.2. The molecule has 0 fully saturated rings. The van der Waals surface area contributed by atoms with Crippen LogP contribution < -0.4 is 10.6 Å². The summed E-state index contributed by atoms with van der Waals surface area (Å²) in [6.45, 7) is 0.447. The molecule has 9 nitrogen and oxygen atoms in total. The zero-order chi connectivity index (χ0) is 15.2. The molecule has 112 valence electrons. The van der Waals surface area contributed by atoms with Crippen molar-refractivity contribution in [3.63, 3.8) is 0 Å². The van der Waals surface area contributed by atoms with Crippen molar-refractivity contribution in [2.75, 3.05) is 38.3 Å². The largest absolute Gasteiger partial charge is 0.357 e. The third-order valence-electron chi connectivity index (χ3n) is 2.68. The van der Waals surface area contributed by atoms with Crippen LogP contribution in [0.5, 0.6) is 0 Å². The van der Waals surface area contributed by atoms with Crippen molar-refractivity contribution in [1.82, 2.24) is 29.6 Å². The van der Waals surface area contributed by atoms with E-state index in [1.165, 1.54) is 0 Å². The van der Waals surface area contributed by atoms with Crippen molar-refractivity contribution < 1.29 is 4.79 Å². The van der Waals surface area contributed by atoms with Gasteiger partial charge in [0.25, 0.3) is 5.95 Å². The third-order valence-corrected chi connectivity index (χ3v) is 2.68. The van der Waals surface area contributed by atoms with Crippen LogP contribution in [0.4, 0.5) is 11.9 Å². The minimum atomic E-state index is 0.0395. The number of nitrogens with one attached hydrogen (secondary N) is 2. The normalized spacial score (nSPS) is 10.2. The molecule has 9 heteroatoms. The molecule has 0 unspecified atom stereocenters. The second-order valence-electron chi connectivity index (χ2n) is 4.45. The first kappa shape index (κ1) is 14.7. The summed E-state index contributed by atoms with van der Waals surface area (Å²) in [5, 5.41) is 9.97. The molecule has 0 bridgehead atoms. The maximum absolute atomic E-state index is 11.5. The highest BCUT2D eigenvalue weighted by molar-refractivity contribution is 5.76. The second-order valence-corrected chi connectivity index (χ2v) is 4.45. The maximum atomic E-state index is 11.5. The van der Waals surface area contributed by atoms with Crippen molar-refractivity contribution in [3.8, 4) is 5.95 Å². The van der Waals surface area contributed by atoms with Gasteiger partial charge in [0, 0.05) is 46.5 Å². The number of anilines is 2. The fourth-order valence-electron chi connectivity index (χ4n) is 1.55. The van der Waals surface area contributed by atoms with Crippen LogP contribution in [0.2, 0.25) is 0 Å². The van der Waals surface area contributed by atoms with Gasteiger partial charge in [-0.3, -0.25) is 4.79 Å². The highest BCUT2D eigenvalue weighted by atomic mass is 16.2. The Kier molecular flexibility index (Phi) is 4.64. The molecule has 21 heavy (non-hydrogen) atoms. The Morgan fingerprint density at radius 1 is 1.29 bits per heavy atom. The van der Waals surface area contributed by atoms with E-state index in [0.29, 0.717) is 30.8 Å². The van der Waals surface area contributed by atoms with Gasteiger partial charge in [0.2, 0.25) is 17.8 Å². The molecule has 0 aliphatic heterocycles. The topological polar surface area (TPSA) is 101 Å². The Hall–Kier alpha value is -2.71. The van der Waals surface area contributed by atoms with Gasteiger partial charge in [-0.1, -0.05) is 0 Å². The maximum Gasteiger partial charge on any atom is 0.257 e. The lowest BCUT2D eigenvalue weighted by molar-refractivity contribution is -0.128. The molecule has 2 heterocycles. The molecular formula is C12H18N8O. The molecule has 2 N–H and O–H groups in total. The van der Waals surface area contributed by atoms with Crippen molar-refractivity contribution in [2.45, 2.75) is 6.42 Å². The minimum Gasteiger partial charge on any atom is -0.357 e. The SMILES string of the molecule is CNc1nc(NCCC(=O)N(C)C)nc(-n2cccn2)n1. The number of carbonyl (C=O) groups excluding carboxylic acids is 1. The van der Waals surface area contributed by atoms with Gasteiger partial charge in [0.1, 0.15) is 0 Å². The lowest BCUT2D eigenvalue weighted by atomic mass is 10.4. The Morgan fingerprint density at radius 3 is 2.67 bits per heavy atom. The molecule has 0 aliphatic carbocycles. The molecule has 0 spiro atoms. The number of hydrogen-bond donors (Lipinski definition) is 2. The molecule has 0 aromatic carbocycles. The van der Waals surface area contributed by atoms with E-state index in [4.69, 9.17) is 0 Å². The quantitative estimate of drug-likeness (QED) is 0.771. The van der Waals surface area contributed by atoms with Gasteiger partial charge >= 0.3 is 0 Å². The summed E-state index contributed by atoms with van der Waals surface area (Å²) in [4.78, 5) is 25.7. The summed E-state index contributed by atoms with van der Waals surface area (Å²) in [7, 11) is 5.17. The fraction of sp³-hybridized carbons (Fsp3) is 0.417. The van der Waals surface area contributed by atoms with Crippen molar-refractivity contribution in [2.24, 2.45) is 0 Å². The Labute approximate surface area is 122 Å². The number of nitrogens with zero attached hydrogens (tertiary/aromatic N) is 6. The monoisotopic (exact) mass is 290 g/mol. The van der Waals surface area contributed by atoms with E-state index in [1.54, 1.807) is 49.2 Å². The van der Waals surface area contributed by atoms with Gasteiger partial charge in [0.15, 0.2) is 0 Å². The van der Waals surface area contributed by atoms with Gasteiger partial charge < -0.3 is 15.5 Å². The molecule has 0 saturated heterocycles. The summed E-state index contributed by atoms with van der Waals surface area (Å²) < 4.78 is 1.54. The van der Waals surface area contributed by atoms with Crippen molar-refractivity contribution >= 4 is 17.8 Å². The summed E-state index contributed by atoms with van der Waals surface area (Å²) in [6.07, 6.45) is 3.75. The number of hydrogen-bond acceptors (Lipinski definition) is 7. The molecule has 0 atom stereocenters. The molecule has 0 saturated carbocycles. The van der Waals surface area contributed by atoms with Crippen LogP contribution in [0.3, 0.4) is 0 Å². The summed E-state index contributed by atoms with van der Waals surface area (Å²) >= 11 is 0. The van der Waals surface area contributed by atoms with E-state index in [0.717, 1.165) is 0 Å². The van der Waals surface area contributed by atoms with Crippen molar-refractivity contribution in [3.05, 3.63) is 18.5 Å². The van der Waals surface area contributed by atoms with Crippen LogP contribution in [-0.4, -0.2) is 63.2 Å². The first-order valence-electron chi connectivity index (χ1n) is 6.48. The number of aromatic nitrogens is 5. The van der Waals surface area contributed by atoms with Gasteiger partial charge in [0.05, 0.1) is 0 Å². The predicted molar refractivity (Wildman–Crippen MR) is 78.3 cm³/mol. The fourth-order valence-corrected chi connectivity index (χ4v) is 1.55. The smallest absolute Gasteiger partial charge is 0.257 e. The molecule has 2 aromatic rings. The Balaban J connectivity index is 2.09. The summed E-state index contributed by atoms with van der Waals surface area (Å²) in [6, 6.07) is 1.78. The van der Waals surface area contributed by atoms with Crippen LogP contribution in [-0.2, 0) is 4.79 Å². The van der Waals surface area contributed by atoms with Gasteiger partial charge in [-0.25, -0.2) is 4.68 Å². The van der Waals surface area contributed by atoms with Crippen LogP contribution in [0.1, 0.15) is 6.42 Å². The van der Waals surface area contributed by atoms with Crippen LogP contribution in [0.25, 0.3) is 5.95 Å². The van der Waals surface area contributed by atoms with E-state index in [1.807, 2.05) is 0 Å². The number of amides is 1. The van der Waals surface area contributed by atoms with E-state index in [2.05, 4.69) is 30.7 Å². The highest BCUT2D eigenvalue weighted by Gasteiger charge is 2.08. The lowest BCUT2D eigenvalue weighted by Gasteiger charge is -2.11. The Bertz CT molecular complexity index is 595. The number of rotatable bonds is 6.